The second-order valence-corrected chi connectivity index (χ2v) is 9.47. The Kier molecular flexibility index (Phi) is 6.57. The number of ketones is 1. The van der Waals surface area contributed by atoms with E-state index in [4.69, 9.17) is 15.2 Å². The summed E-state index contributed by atoms with van der Waals surface area (Å²) in [5.41, 5.74) is 12.9. The highest BCUT2D eigenvalue weighted by Crippen LogP contribution is 2.49. The van der Waals surface area contributed by atoms with Crippen molar-refractivity contribution in [3.05, 3.63) is 89.4 Å². The maximum Gasteiger partial charge on any atom is 0.162 e. The molecule has 0 spiro atoms. The van der Waals surface area contributed by atoms with E-state index < -0.39 is 5.92 Å². The Labute approximate surface area is 206 Å². The van der Waals surface area contributed by atoms with E-state index in [1.807, 2.05) is 42.5 Å². The molecule has 0 fully saturated rings. The second kappa shape index (κ2) is 9.59. The molecule has 0 unspecified atom stereocenters. The number of Topliss-reactive ketones (excluding diaryl/α,β-unsaturated/α-hetero) is 1. The molecule has 3 N–H and O–H groups in total. The van der Waals surface area contributed by atoms with Crippen molar-refractivity contribution in [3.8, 4) is 17.6 Å². The number of allylic oxidation sites excluding steroid dienone is 3. The average molecular weight is 471 g/mol. The number of ether oxygens (including phenoxy) is 2. The lowest BCUT2D eigenvalue weighted by Gasteiger charge is -2.43. The maximum atomic E-state index is 13.6. The van der Waals surface area contributed by atoms with Crippen LogP contribution in [0.5, 0.6) is 11.5 Å². The molecule has 1 heterocycles. The fourth-order valence-corrected chi connectivity index (χ4v) is 4.74. The van der Waals surface area contributed by atoms with Crippen LogP contribution in [0, 0.1) is 16.7 Å². The highest BCUT2D eigenvalue weighted by molar-refractivity contribution is 6.00. The Morgan fingerprint density at radius 1 is 1.23 bits per heavy atom. The summed E-state index contributed by atoms with van der Waals surface area (Å²) in [6.45, 7) is 8.15. The summed E-state index contributed by atoms with van der Waals surface area (Å²) in [5, 5.41) is 11.9. The van der Waals surface area contributed by atoms with Crippen LogP contribution in [0.15, 0.2) is 83.9 Å². The molecular formula is C28H30N4O3. The Balaban J connectivity index is 1.88. The van der Waals surface area contributed by atoms with Crippen molar-refractivity contribution in [2.24, 2.45) is 11.1 Å². The first-order valence-corrected chi connectivity index (χ1v) is 11.5. The fraction of sp³-hybridized carbons (Fsp3) is 0.286. The molecule has 0 saturated carbocycles. The highest BCUT2D eigenvalue weighted by Gasteiger charge is 2.44. The fourth-order valence-electron chi connectivity index (χ4n) is 4.74. The number of nitrogens with one attached hydrogen (secondary N) is 1. The summed E-state index contributed by atoms with van der Waals surface area (Å²) < 4.78 is 11.2. The third-order valence-electron chi connectivity index (χ3n) is 6.27. The zero-order chi connectivity index (χ0) is 25.2. The molecule has 2 aromatic carbocycles. The van der Waals surface area contributed by atoms with Gasteiger partial charge in [-0.1, -0.05) is 50.8 Å². The lowest BCUT2D eigenvalue weighted by Crippen LogP contribution is -2.44. The minimum atomic E-state index is -0.602. The van der Waals surface area contributed by atoms with Crippen LogP contribution < -0.4 is 20.6 Å². The molecule has 180 valence electrons. The average Bonchev–Trinajstić information content (AvgIpc) is 2.84. The van der Waals surface area contributed by atoms with E-state index in [-0.39, 0.29) is 17.0 Å². The molecule has 1 atom stereocenters. The first kappa shape index (κ1) is 24.0. The molecule has 0 amide bonds. The van der Waals surface area contributed by atoms with Crippen molar-refractivity contribution in [1.82, 2.24) is 5.01 Å². The number of carbonyl (C=O) groups excluding carboxylic acids is 1. The molecule has 0 saturated heterocycles. The standard InChI is InChI=1S/C28H30N4O3/c1-5-13-35-23-12-11-18(14-24(23)34-4)25-20(17-29)27(30)32(31-19-9-7-6-8-10-19)21-15-28(2,3)16-22(33)26(21)25/h5-12,14,25,31H,1,13,15-16,30H2,2-4H3/t25-/m0/s1. The largest absolute Gasteiger partial charge is 0.493 e. The SMILES string of the molecule is C=CCOc1ccc([C@H]2C(C#N)=C(N)N(Nc3ccccc3)C3=C2C(=O)CC(C)(C)C3)cc1OC. The van der Waals surface area contributed by atoms with Crippen molar-refractivity contribution in [2.75, 3.05) is 19.1 Å². The number of carbonyl (C=O) groups is 1. The number of hydrogen-bond donors (Lipinski definition) is 2. The monoisotopic (exact) mass is 470 g/mol. The Hall–Kier alpha value is -4.18. The molecule has 0 aromatic heterocycles. The molecular weight excluding hydrogens is 440 g/mol. The molecule has 1 aliphatic heterocycles. The molecule has 1 aliphatic carbocycles. The maximum absolute atomic E-state index is 13.6. The summed E-state index contributed by atoms with van der Waals surface area (Å²) in [4.78, 5) is 13.6. The third-order valence-corrected chi connectivity index (χ3v) is 6.27. The van der Waals surface area contributed by atoms with Gasteiger partial charge in [-0.3, -0.25) is 10.2 Å². The minimum absolute atomic E-state index is 0.00677. The molecule has 35 heavy (non-hydrogen) atoms. The van der Waals surface area contributed by atoms with Crippen molar-refractivity contribution in [2.45, 2.75) is 32.6 Å². The minimum Gasteiger partial charge on any atom is -0.493 e. The van der Waals surface area contributed by atoms with Crippen LogP contribution in [-0.2, 0) is 4.79 Å². The number of methoxy groups -OCH3 is 1. The third kappa shape index (κ3) is 4.60. The Morgan fingerprint density at radius 2 is 1.97 bits per heavy atom. The number of benzene rings is 2. The summed E-state index contributed by atoms with van der Waals surface area (Å²) in [7, 11) is 1.56. The van der Waals surface area contributed by atoms with Gasteiger partial charge in [0.2, 0.25) is 0 Å². The number of nitriles is 1. The number of anilines is 1. The predicted molar refractivity (Wildman–Crippen MR) is 135 cm³/mol. The molecule has 7 heteroatoms. The van der Waals surface area contributed by atoms with Crippen molar-refractivity contribution in [1.29, 1.82) is 5.26 Å². The van der Waals surface area contributed by atoms with E-state index in [0.717, 1.165) is 16.9 Å². The Morgan fingerprint density at radius 3 is 2.63 bits per heavy atom. The first-order chi connectivity index (χ1) is 16.8. The van der Waals surface area contributed by atoms with Crippen LogP contribution in [0.1, 0.15) is 38.2 Å². The topological polar surface area (TPSA) is 101 Å². The molecule has 2 aliphatic rings. The smallest absolute Gasteiger partial charge is 0.162 e. The zero-order valence-corrected chi connectivity index (χ0v) is 20.3. The number of para-hydroxylation sites is 1. The van der Waals surface area contributed by atoms with E-state index in [0.29, 0.717) is 42.1 Å². The van der Waals surface area contributed by atoms with Gasteiger partial charge in [-0.15, -0.1) is 0 Å². The van der Waals surface area contributed by atoms with Gasteiger partial charge >= 0.3 is 0 Å². The molecule has 0 bridgehead atoms. The van der Waals surface area contributed by atoms with Gasteiger partial charge < -0.3 is 15.2 Å². The number of hydrogen-bond acceptors (Lipinski definition) is 7. The predicted octanol–water partition coefficient (Wildman–Crippen LogP) is 5.02. The summed E-state index contributed by atoms with van der Waals surface area (Å²) in [6, 6.07) is 17.3. The lowest BCUT2D eigenvalue weighted by atomic mass is 9.69. The second-order valence-electron chi connectivity index (χ2n) is 9.47. The van der Waals surface area contributed by atoms with Gasteiger partial charge in [-0.05, 0) is 41.7 Å². The van der Waals surface area contributed by atoms with E-state index in [9.17, 15) is 10.1 Å². The normalized spacial score (nSPS) is 19.1. The lowest BCUT2D eigenvalue weighted by molar-refractivity contribution is -0.118. The summed E-state index contributed by atoms with van der Waals surface area (Å²) in [5.74, 6) is 0.745. The van der Waals surface area contributed by atoms with Crippen LogP contribution in [-0.4, -0.2) is 24.5 Å². The first-order valence-electron chi connectivity index (χ1n) is 11.5. The number of hydrazine groups is 1. The van der Waals surface area contributed by atoms with Crippen molar-refractivity contribution in [3.63, 3.8) is 0 Å². The van der Waals surface area contributed by atoms with Gasteiger partial charge in [0.15, 0.2) is 17.3 Å². The van der Waals surface area contributed by atoms with Crippen molar-refractivity contribution < 1.29 is 14.3 Å². The van der Waals surface area contributed by atoms with Gasteiger partial charge in [-0.25, -0.2) is 5.01 Å². The molecule has 2 aromatic rings. The van der Waals surface area contributed by atoms with E-state index in [1.54, 1.807) is 24.3 Å². The van der Waals surface area contributed by atoms with Crippen LogP contribution >= 0.6 is 0 Å². The van der Waals surface area contributed by atoms with Crippen LogP contribution in [0.3, 0.4) is 0 Å². The number of rotatable bonds is 7. The van der Waals surface area contributed by atoms with Gasteiger partial charge in [0.25, 0.3) is 0 Å². The molecule has 7 nitrogen and oxygen atoms in total. The van der Waals surface area contributed by atoms with Crippen LogP contribution in [0.2, 0.25) is 0 Å². The van der Waals surface area contributed by atoms with Crippen LogP contribution in [0.4, 0.5) is 5.69 Å². The van der Waals surface area contributed by atoms with E-state index in [1.165, 1.54) is 0 Å². The van der Waals surface area contributed by atoms with Gasteiger partial charge in [-0.2, -0.15) is 5.26 Å². The number of nitrogens with zero attached hydrogens (tertiary/aromatic N) is 2. The van der Waals surface area contributed by atoms with Gasteiger partial charge in [0.1, 0.15) is 12.4 Å². The molecule has 4 rings (SSSR count). The molecule has 0 radical (unpaired) electrons. The highest BCUT2D eigenvalue weighted by atomic mass is 16.5. The van der Waals surface area contributed by atoms with E-state index >= 15 is 0 Å². The number of nitrogens with two attached hydrogens (primary N) is 1. The Bertz CT molecular complexity index is 1250. The quantitative estimate of drug-likeness (QED) is 0.548. The van der Waals surface area contributed by atoms with Gasteiger partial charge in [0, 0.05) is 12.0 Å². The van der Waals surface area contributed by atoms with E-state index in [2.05, 4.69) is 31.9 Å². The van der Waals surface area contributed by atoms with Crippen LogP contribution in [0.25, 0.3) is 0 Å². The van der Waals surface area contributed by atoms with Gasteiger partial charge in [0.05, 0.1) is 36.1 Å². The summed E-state index contributed by atoms with van der Waals surface area (Å²) >= 11 is 0. The summed E-state index contributed by atoms with van der Waals surface area (Å²) in [6.07, 6.45) is 2.67. The van der Waals surface area contributed by atoms with Crippen molar-refractivity contribution >= 4 is 11.5 Å². The zero-order valence-electron chi connectivity index (χ0n) is 20.3.